The summed E-state index contributed by atoms with van der Waals surface area (Å²) in [7, 11) is 4.08. The minimum absolute atomic E-state index is 0.211. The van der Waals surface area contributed by atoms with Crippen molar-refractivity contribution >= 4 is 22.4 Å². The maximum atomic E-state index is 12.2. The summed E-state index contributed by atoms with van der Waals surface area (Å²) in [6.45, 7) is 3.71. The maximum Gasteiger partial charge on any atom is 0.347 e. The molecular formula is C21H23N5OS. The van der Waals surface area contributed by atoms with E-state index in [1.54, 1.807) is 22.1 Å². The zero-order valence-corrected chi connectivity index (χ0v) is 17.1. The van der Waals surface area contributed by atoms with Crippen molar-refractivity contribution < 1.29 is 0 Å². The van der Waals surface area contributed by atoms with Crippen LogP contribution in [0.4, 0.5) is 0 Å². The lowest BCUT2D eigenvalue weighted by Gasteiger charge is -2.18. The molecule has 0 aliphatic rings. The Labute approximate surface area is 167 Å². The molecule has 3 heterocycles. The molecule has 1 aromatic carbocycles. The van der Waals surface area contributed by atoms with Crippen molar-refractivity contribution in [2.24, 2.45) is 5.92 Å². The van der Waals surface area contributed by atoms with Gasteiger partial charge in [-0.2, -0.15) is 11.3 Å². The largest absolute Gasteiger partial charge is 0.347 e. The number of fused-ring (bicyclic) bond motifs is 1. The van der Waals surface area contributed by atoms with Crippen LogP contribution in [0.3, 0.4) is 0 Å². The number of aromatic nitrogens is 4. The molecule has 4 aromatic rings. The van der Waals surface area contributed by atoms with Gasteiger partial charge in [0.1, 0.15) is 6.33 Å². The Morgan fingerprint density at radius 1 is 1.18 bits per heavy atom. The normalized spacial score (nSPS) is 12.7. The maximum absolute atomic E-state index is 12.2. The predicted octanol–water partition coefficient (Wildman–Crippen LogP) is 3.51. The highest BCUT2D eigenvalue weighted by molar-refractivity contribution is 7.08. The molecular weight excluding hydrogens is 370 g/mol. The molecule has 0 saturated heterocycles. The first-order valence-corrected chi connectivity index (χ1v) is 10.2. The van der Waals surface area contributed by atoms with Gasteiger partial charge < -0.3 is 4.90 Å². The van der Waals surface area contributed by atoms with Gasteiger partial charge in [-0.05, 0) is 49.2 Å². The van der Waals surface area contributed by atoms with E-state index in [1.165, 1.54) is 0 Å². The molecule has 0 radical (unpaired) electrons. The number of rotatable bonds is 6. The first-order chi connectivity index (χ1) is 13.5. The van der Waals surface area contributed by atoms with Gasteiger partial charge in [0.15, 0.2) is 0 Å². The summed E-state index contributed by atoms with van der Waals surface area (Å²) in [4.78, 5) is 23.0. The van der Waals surface area contributed by atoms with Crippen LogP contribution in [0.25, 0.3) is 27.8 Å². The lowest BCUT2D eigenvalue weighted by molar-refractivity contribution is 0.312. The minimum Gasteiger partial charge on any atom is -0.309 e. The molecule has 28 heavy (non-hydrogen) atoms. The monoisotopic (exact) mass is 393 g/mol. The Balaban J connectivity index is 1.66. The van der Waals surface area contributed by atoms with E-state index in [2.05, 4.69) is 55.3 Å². The Hall–Kier alpha value is -2.77. The van der Waals surface area contributed by atoms with Crippen molar-refractivity contribution in [1.29, 1.82) is 0 Å². The number of nitrogens with zero attached hydrogens (tertiary/aromatic N) is 5. The Bertz CT molecular complexity index is 1140. The summed E-state index contributed by atoms with van der Waals surface area (Å²) in [5.41, 5.74) is 4.81. The van der Waals surface area contributed by atoms with Gasteiger partial charge in [-0.3, -0.25) is 9.13 Å². The van der Waals surface area contributed by atoms with Gasteiger partial charge in [-0.1, -0.05) is 13.0 Å². The highest BCUT2D eigenvalue weighted by Crippen LogP contribution is 2.25. The quantitative estimate of drug-likeness (QED) is 0.503. The van der Waals surface area contributed by atoms with Crippen LogP contribution in [-0.2, 0) is 6.54 Å². The zero-order valence-electron chi connectivity index (χ0n) is 16.2. The fourth-order valence-corrected chi connectivity index (χ4v) is 4.17. The molecule has 6 nitrogen and oxygen atoms in total. The topological polar surface area (TPSA) is 56.0 Å². The average molecular weight is 394 g/mol. The molecule has 1 atom stereocenters. The molecule has 0 bridgehead atoms. The van der Waals surface area contributed by atoms with Gasteiger partial charge in [-0.25, -0.2) is 14.8 Å². The standard InChI is InChI=1S/C21H23N5OS/c1-15(10-24(2)3)11-25-12-17(9-22-21(25)27)16-4-5-20-19(8-16)23-14-26(20)18-6-7-28-13-18/h4-9,12-15H,10-11H2,1-3H3. The molecule has 1 unspecified atom stereocenters. The molecule has 0 amide bonds. The van der Waals surface area contributed by atoms with Crippen LogP contribution in [0, 0.1) is 5.92 Å². The van der Waals surface area contributed by atoms with Crippen molar-refractivity contribution in [2.75, 3.05) is 20.6 Å². The van der Waals surface area contributed by atoms with Crippen molar-refractivity contribution in [3.63, 3.8) is 0 Å². The minimum atomic E-state index is -0.211. The van der Waals surface area contributed by atoms with Crippen LogP contribution in [0.15, 0.2) is 58.5 Å². The van der Waals surface area contributed by atoms with Crippen LogP contribution in [0.2, 0.25) is 0 Å². The second-order valence-corrected chi connectivity index (χ2v) is 8.22. The van der Waals surface area contributed by atoms with E-state index in [-0.39, 0.29) is 5.69 Å². The summed E-state index contributed by atoms with van der Waals surface area (Å²) in [6, 6.07) is 8.25. The van der Waals surface area contributed by atoms with Crippen LogP contribution in [0.1, 0.15) is 6.92 Å². The Morgan fingerprint density at radius 3 is 2.79 bits per heavy atom. The number of thiophene rings is 1. The SMILES string of the molecule is CC(CN(C)C)Cn1cc(-c2ccc3c(c2)ncn3-c2ccsc2)cnc1=O. The molecule has 0 spiro atoms. The fraction of sp³-hybridized carbons (Fsp3) is 0.286. The number of imidazole rings is 1. The Kier molecular flexibility index (Phi) is 5.11. The van der Waals surface area contributed by atoms with Gasteiger partial charge in [0.05, 0.1) is 16.7 Å². The smallest absolute Gasteiger partial charge is 0.309 e. The number of benzene rings is 1. The van der Waals surface area contributed by atoms with E-state index in [9.17, 15) is 4.79 Å². The summed E-state index contributed by atoms with van der Waals surface area (Å²) in [6.07, 6.45) is 5.39. The van der Waals surface area contributed by atoms with Crippen molar-refractivity contribution in [3.05, 3.63) is 64.2 Å². The molecule has 3 aromatic heterocycles. The van der Waals surface area contributed by atoms with E-state index < -0.39 is 0 Å². The lowest BCUT2D eigenvalue weighted by atomic mass is 10.1. The van der Waals surface area contributed by atoms with E-state index in [1.807, 2.05) is 32.7 Å². The predicted molar refractivity (Wildman–Crippen MR) is 114 cm³/mol. The van der Waals surface area contributed by atoms with E-state index in [0.717, 1.165) is 34.4 Å². The first-order valence-electron chi connectivity index (χ1n) is 9.22. The molecule has 0 aliphatic heterocycles. The molecule has 4 rings (SSSR count). The van der Waals surface area contributed by atoms with Crippen LogP contribution >= 0.6 is 11.3 Å². The molecule has 0 fully saturated rings. The summed E-state index contributed by atoms with van der Waals surface area (Å²) in [5, 5.41) is 4.16. The molecule has 0 saturated carbocycles. The van der Waals surface area contributed by atoms with Gasteiger partial charge in [-0.15, -0.1) is 0 Å². The molecule has 0 aliphatic carbocycles. The third-order valence-electron chi connectivity index (χ3n) is 4.70. The van der Waals surface area contributed by atoms with Gasteiger partial charge in [0, 0.05) is 36.4 Å². The number of hydrogen-bond donors (Lipinski definition) is 0. The van der Waals surface area contributed by atoms with E-state index in [0.29, 0.717) is 12.5 Å². The third kappa shape index (κ3) is 3.76. The number of hydrogen-bond acceptors (Lipinski definition) is 5. The van der Waals surface area contributed by atoms with Gasteiger partial charge in [0.25, 0.3) is 0 Å². The summed E-state index contributed by atoms with van der Waals surface area (Å²) >= 11 is 1.67. The lowest BCUT2D eigenvalue weighted by Crippen LogP contribution is -2.29. The van der Waals surface area contributed by atoms with Crippen molar-refractivity contribution in [3.8, 4) is 16.8 Å². The summed E-state index contributed by atoms with van der Waals surface area (Å²) in [5.74, 6) is 0.355. The molecule has 144 valence electrons. The van der Waals surface area contributed by atoms with E-state index >= 15 is 0 Å². The fourth-order valence-electron chi connectivity index (χ4n) is 3.54. The third-order valence-corrected chi connectivity index (χ3v) is 5.38. The van der Waals surface area contributed by atoms with Gasteiger partial charge in [0.2, 0.25) is 0 Å². The van der Waals surface area contributed by atoms with E-state index in [4.69, 9.17) is 0 Å². The second-order valence-electron chi connectivity index (χ2n) is 7.44. The van der Waals surface area contributed by atoms with Gasteiger partial charge >= 0.3 is 5.69 Å². The Morgan fingerprint density at radius 2 is 2.04 bits per heavy atom. The van der Waals surface area contributed by atoms with Crippen molar-refractivity contribution in [1.82, 2.24) is 24.0 Å². The average Bonchev–Trinajstić information content (AvgIpc) is 3.31. The summed E-state index contributed by atoms with van der Waals surface area (Å²) < 4.78 is 3.79. The molecule has 7 heteroatoms. The van der Waals surface area contributed by atoms with Crippen molar-refractivity contribution in [2.45, 2.75) is 13.5 Å². The molecule has 0 N–H and O–H groups in total. The first kappa shape index (κ1) is 18.6. The highest BCUT2D eigenvalue weighted by Gasteiger charge is 2.10. The van der Waals surface area contributed by atoms with Crippen LogP contribution in [0.5, 0.6) is 0 Å². The van der Waals surface area contributed by atoms with Crippen LogP contribution < -0.4 is 5.69 Å². The van der Waals surface area contributed by atoms with Crippen LogP contribution in [-0.4, -0.2) is 44.6 Å². The highest BCUT2D eigenvalue weighted by atomic mass is 32.1. The second kappa shape index (κ2) is 7.69. The zero-order chi connectivity index (χ0) is 19.7.